The zero-order chi connectivity index (χ0) is 23.9. The zero-order valence-electron chi connectivity index (χ0n) is 17.9. The van der Waals surface area contributed by atoms with Gasteiger partial charge in [0.05, 0.1) is 9.82 Å². The van der Waals surface area contributed by atoms with Crippen LogP contribution in [0.5, 0.6) is 0 Å². The molecule has 0 saturated carbocycles. The fraction of sp³-hybridized carbons (Fsp3) is 0.227. The Bertz CT molecular complexity index is 1460. The Morgan fingerprint density at radius 1 is 1.12 bits per heavy atom. The Morgan fingerprint density at radius 2 is 1.85 bits per heavy atom. The third-order valence-corrected chi connectivity index (χ3v) is 6.57. The molecule has 1 amide bonds. The first kappa shape index (κ1) is 22.3. The first-order chi connectivity index (χ1) is 15.6. The number of hydrogen-bond acceptors (Lipinski definition) is 7. The minimum absolute atomic E-state index is 0.130. The van der Waals surface area contributed by atoms with Crippen LogP contribution >= 0.6 is 0 Å². The van der Waals surface area contributed by atoms with Gasteiger partial charge >= 0.3 is 0 Å². The number of rotatable bonds is 4. The molecule has 33 heavy (non-hydrogen) atoms. The van der Waals surface area contributed by atoms with Crippen molar-refractivity contribution in [3.05, 3.63) is 85.8 Å². The van der Waals surface area contributed by atoms with Gasteiger partial charge in [0.2, 0.25) is 5.43 Å². The highest BCUT2D eigenvalue weighted by Crippen LogP contribution is 2.30. The van der Waals surface area contributed by atoms with E-state index in [0.717, 1.165) is 6.26 Å². The van der Waals surface area contributed by atoms with Crippen molar-refractivity contribution >= 4 is 27.1 Å². The smallest absolute Gasteiger partial charge is 0.294 e. The van der Waals surface area contributed by atoms with Gasteiger partial charge in [-0.2, -0.15) is 5.10 Å². The van der Waals surface area contributed by atoms with Crippen molar-refractivity contribution in [2.45, 2.75) is 24.7 Å². The van der Waals surface area contributed by atoms with E-state index in [2.05, 4.69) is 5.10 Å². The molecular formula is C22H20N4O6S. The Labute approximate surface area is 189 Å². The van der Waals surface area contributed by atoms with Gasteiger partial charge in [-0.15, -0.1) is 0 Å². The number of para-hydroxylation sites is 2. The molecule has 0 aliphatic carbocycles. The van der Waals surface area contributed by atoms with Crippen LogP contribution in [0.2, 0.25) is 0 Å². The fourth-order valence-electron chi connectivity index (χ4n) is 3.88. The Kier molecular flexibility index (Phi) is 5.58. The van der Waals surface area contributed by atoms with Crippen LogP contribution in [-0.4, -0.2) is 41.8 Å². The second kappa shape index (κ2) is 8.24. The molecule has 0 N–H and O–H groups in total. The van der Waals surface area contributed by atoms with Gasteiger partial charge in [0.25, 0.3) is 11.6 Å². The Hall–Kier alpha value is -3.86. The maximum Gasteiger partial charge on any atom is 0.294 e. The van der Waals surface area contributed by atoms with E-state index in [9.17, 15) is 28.1 Å². The van der Waals surface area contributed by atoms with Crippen LogP contribution in [-0.2, 0) is 16.3 Å². The number of fused-ring (bicyclic) bond motifs is 1. The van der Waals surface area contributed by atoms with Crippen molar-refractivity contribution in [2.75, 3.05) is 17.7 Å². The molecule has 2 aromatic carbocycles. The van der Waals surface area contributed by atoms with Gasteiger partial charge in [0.15, 0.2) is 15.5 Å². The van der Waals surface area contributed by atoms with E-state index in [1.807, 2.05) is 0 Å². The fourth-order valence-corrected chi connectivity index (χ4v) is 4.55. The minimum Gasteiger partial charge on any atom is -0.307 e. The second-order valence-corrected chi connectivity index (χ2v) is 9.79. The lowest BCUT2D eigenvalue weighted by atomic mass is 10.0. The van der Waals surface area contributed by atoms with E-state index in [4.69, 9.17) is 0 Å². The molecule has 0 radical (unpaired) electrons. The third kappa shape index (κ3) is 4.14. The van der Waals surface area contributed by atoms with Crippen molar-refractivity contribution in [3.63, 3.8) is 0 Å². The van der Waals surface area contributed by atoms with Gasteiger partial charge in [-0.25, -0.2) is 13.1 Å². The van der Waals surface area contributed by atoms with Crippen LogP contribution in [0.3, 0.4) is 0 Å². The number of sulfone groups is 1. The largest absolute Gasteiger partial charge is 0.307 e. The molecule has 0 atom stereocenters. The predicted octanol–water partition coefficient (Wildman–Crippen LogP) is 2.45. The molecule has 11 heteroatoms. The Balaban J connectivity index is 1.81. The number of anilines is 1. The molecule has 1 aliphatic heterocycles. The lowest BCUT2D eigenvalue weighted by Crippen LogP contribution is -2.39. The summed E-state index contributed by atoms with van der Waals surface area (Å²) in [7, 11) is -3.41. The summed E-state index contributed by atoms with van der Waals surface area (Å²) in [6.07, 6.45) is 2.28. The molecule has 1 aromatic heterocycles. The molecule has 2 heterocycles. The predicted molar refractivity (Wildman–Crippen MR) is 121 cm³/mol. The number of hydrogen-bond donors (Lipinski definition) is 0. The molecule has 0 unspecified atom stereocenters. The number of aromatic nitrogens is 2. The number of nitro groups is 1. The summed E-state index contributed by atoms with van der Waals surface area (Å²) in [6.45, 7) is 1.90. The number of aryl methyl sites for hydroxylation is 2. The highest BCUT2D eigenvalue weighted by Gasteiger charge is 2.28. The van der Waals surface area contributed by atoms with E-state index < -0.39 is 26.1 Å². The van der Waals surface area contributed by atoms with Crippen LogP contribution in [0.4, 0.5) is 11.4 Å². The topological polar surface area (TPSA) is 132 Å². The zero-order valence-corrected chi connectivity index (χ0v) is 18.7. The molecule has 0 spiro atoms. The van der Waals surface area contributed by atoms with Crippen LogP contribution in [0.1, 0.15) is 28.2 Å². The number of nitrogens with zero attached hydrogens (tertiary/aromatic N) is 4. The SMILES string of the molecule is Cc1cc(=O)c(C(=O)N2CCCc3cc(S(C)(=O)=O)ccc32)nn1-c1ccccc1[N+](=O)[O-]. The standard InChI is InChI=1S/C22H20N4O6S/c1-14-12-20(27)21(23-25(14)18-7-3-4-8-19(18)26(29)30)22(28)24-11-5-6-15-13-16(33(2,31)32)9-10-17(15)24/h3-4,7-10,12-13H,5-6,11H2,1-2H3. The molecule has 10 nitrogen and oxygen atoms in total. The summed E-state index contributed by atoms with van der Waals surface area (Å²) < 4.78 is 25.0. The average molecular weight is 468 g/mol. The van der Waals surface area contributed by atoms with Crippen LogP contribution in [0.25, 0.3) is 5.69 Å². The molecular weight excluding hydrogens is 448 g/mol. The van der Waals surface area contributed by atoms with Gasteiger partial charge in [-0.3, -0.25) is 19.7 Å². The van der Waals surface area contributed by atoms with E-state index in [-0.39, 0.29) is 22.0 Å². The van der Waals surface area contributed by atoms with E-state index in [0.29, 0.717) is 36.3 Å². The van der Waals surface area contributed by atoms with Crippen LogP contribution in [0.15, 0.2) is 58.2 Å². The molecule has 0 bridgehead atoms. The number of carbonyl (C=O) groups excluding carboxylic acids is 1. The summed E-state index contributed by atoms with van der Waals surface area (Å²) in [5.41, 5.74) is 0.465. The second-order valence-electron chi connectivity index (χ2n) is 7.78. The molecule has 0 saturated heterocycles. The Morgan fingerprint density at radius 3 is 2.55 bits per heavy atom. The number of benzene rings is 2. The molecule has 170 valence electrons. The summed E-state index contributed by atoms with van der Waals surface area (Å²) in [5, 5.41) is 15.7. The number of amides is 1. The summed E-state index contributed by atoms with van der Waals surface area (Å²) in [5.74, 6) is -0.652. The lowest BCUT2D eigenvalue weighted by molar-refractivity contribution is -0.384. The van der Waals surface area contributed by atoms with Gasteiger partial charge in [-0.1, -0.05) is 12.1 Å². The number of carbonyl (C=O) groups is 1. The summed E-state index contributed by atoms with van der Waals surface area (Å²) in [6, 6.07) is 11.7. The van der Waals surface area contributed by atoms with Crippen molar-refractivity contribution in [1.82, 2.24) is 9.78 Å². The highest BCUT2D eigenvalue weighted by atomic mass is 32.2. The first-order valence-corrected chi connectivity index (χ1v) is 12.0. The monoisotopic (exact) mass is 468 g/mol. The maximum atomic E-state index is 13.4. The third-order valence-electron chi connectivity index (χ3n) is 5.46. The quantitative estimate of drug-likeness (QED) is 0.424. The molecule has 4 rings (SSSR count). The van der Waals surface area contributed by atoms with Crippen LogP contribution in [0, 0.1) is 17.0 Å². The van der Waals surface area contributed by atoms with Gasteiger partial charge in [-0.05, 0) is 49.6 Å². The normalized spacial score (nSPS) is 13.5. The summed E-state index contributed by atoms with van der Waals surface area (Å²) >= 11 is 0. The van der Waals surface area contributed by atoms with Gasteiger partial charge in [0.1, 0.15) is 5.69 Å². The molecule has 3 aromatic rings. The first-order valence-electron chi connectivity index (χ1n) is 10.1. The van der Waals surface area contributed by atoms with Gasteiger partial charge < -0.3 is 4.90 Å². The van der Waals surface area contributed by atoms with Crippen molar-refractivity contribution in [3.8, 4) is 5.69 Å². The molecule has 0 fully saturated rings. The van der Waals surface area contributed by atoms with E-state index in [1.165, 1.54) is 46.0 Å². The van der Waals surface area contributed by atoms with E-state index in [1.54, 1.807) is 19.1 Å². The van der Waals surface area contributed by atoms with Gasteiger partial charge in [0, 0.05) is 36.3 Å². The highest BCUT2D eigenvalue weighted by molar-refractivity contribution is 7.90. The van der Waals surface area contributed by atoms with E-state index >= 15 is 0 Å². The molecule has 1 aliphatic rings. The number of nitro benzene ring substituents is 1. The van der Waals surface area contributed by atoms with Crippen molar-refractivity contribution in [2.24, 2.45) is 0 Å². The summed E-state index contributed by atoms with van der Waals surface area (Å²) in [4.78, 5) is 38.5. The van der Waals surface area contributed by atoms with Crippen molar-refractivity contribution in [1.29, 1.82) is 0 Å². The maximum absolute atomic E-state index is 13.4. The minimum atomic E-state index is -3.41. The average Bonchev–Trinajstić information content (AvgIpc) is 2.77. The van der Waals surface area contributed by atoms with Crippen LogP contribution < -0.4 is 10.3 Å². The van der Waals surface area contributed by atoms with Crippen molar-refractivity contribution < 1.29 is 18.1 Å². The lowest BCUT2D eigenvalue weighted by Gasteiger charge is -2.29.